The molecule has 0 unspecified atom stereocenters. The Hall–Kier alpha value is -1.73. The minimum absolute atomic E-state index is 0.112. The minimum Gasteiger partial charge on any atom is -0.338 e. The van der Waals surface area contributed by atoms with Crippen LogP contribution < -0.4 is 4.72 Å². The van der Waals surface area contributed by atoms with E-state index < -0.39 is 10.0 Å². The molecular weight excluding hydrogens is 290 g/mol. The first-order valence-electron chi connectivity index (χ1n) is 6.78. The Bertz CT molecular complexity index is 614. The number of sulfonamides is 1. The topological polar surface area (TPSA) is 79.4 Å². The highest BCUT2D eigenvalue weighted by Crippen LogP contribution is 2.12. The lowest BCUT2D eigenvalue weighted by Gasteiger charge is -2.32. The molecular formula is C14H19N3O3S. The highest BCUT2D eigenvalue weighted by atomic mass is 32.2. The third-order valence-electron chi connectivity index (χ3n) is 3.22. The number of rotatable bonds is 4. The maximum absolute atomic E-state index is 12.1. The smallest absolute Gasteiger partial charge is 0.246 e. The van der Waals surface area contributed by atoms with Crippen LogP contribution in [0.5, 0.6) is 0 Å². The van der Waals surface area contributed by atoms with Gasteiger partial charge in [-0.15, -0.1) is 0 Å². The summed E-state index contributed by atoms with van der Waals surface area (Å²) in [6, 6.07) is 3.46. The Morgan fingerprint density at radius 1 is 1.52 bits per heavy atom. The largest absolute Gasteiger partial charge is 0.338 e. The van der Waals surface area contributed by atoms with Crippen LogP contribution in [-0.4, -0.2) is 49.6 Å². The second-order valence-electron chi connectivity index (χ2n) is 5.13. The highest BCUT2D eigenvalue weighted by Gasteiger charge is 2.24. The van der Waals surface area contributed by atoms with E-state index in [0.29, 0.717) is 13.1 Å². The molecule has 1 N–H and O–H groups in total. The van der Waals surface area contributed by atoms with Crippen molar-refractivity contribution >= 4 is 22.0 Å². The van der Waals surface area contributed by atoms with Gasteiger partial charge in [-0.05, 0) is 30.5 Å². The number of pyridine rings is 1. The van der Waals surface area contributed by atoms with Crippen LogP contribution in [0.25, 0.3) is 6.08 Å². The molecule has 7 heteroatoms. The average Bonchev–Trinajstić information content (AvgIpc) is 2.44. The maximum atomic E-state index is 12.1. The number of amides is 1. The van der Waals surface area contributed by atoms with Gasteiger partial charge in [0.05, 0.1) is 6.26 Å². The molecule has 1 aliphatic rings. The fraction of sp³-hybridized carbons (Fsp3) is 0.429. The average molecular weight is 309 g/mol. The second-order valence-corrected chi connectivity index (χ2v) is 6.91. The van der Waals surface area contributed by atoms with Crippen LogP contribution in [0.2, 0.25) is 0 Å². The number of carbonyl (C=O) groups excluding carboxylic acids is 1. The molecule has 6 nitrogen and oxygen atoms in total. The van der Waals surface area contributed by atoms with Gasteiger partial charge in [0.15, 0.2) is 0 Å². The number of hydrogen-bond acceptors (Lipinski definition) is 4. The lowest BCUT2D eigenvalue weighted by molar-refractivity contribution is -0.127. The molecule has 21 heavy (non-hydrogen) atoms. The summed E-state index contributed by atoms with van der Waals surface area (Å²) >= 11 is 0. The molecule has 0 spiro atoms. The Balaban J connectivity index is 1.94. The second kappa shape index (κ2) is 6.82. The lowest BCUT2D eigenvalue weighted by atomic mass is 10.1. The normalized spacial score (nSPS) is 19.9. The van der Waals surface area contributed by atoms with Gasteiger partial charge in [-0.25, -0.2) is 13.1 Å². The first-order valence-corrected chi connectivity index (χ1v) is 8.67. The van der Waals surface area contributed by atoms with Gasteiger partial charge in [-0.3, -0.25) is 9.78 Å². The number of nitrogens with zero attached hydrogens (tertiary/aromatic N) is 2. The van der Waals surface area contributed by atoms with E-state index in [9.17, 15) is 13.2 Å². The SMILES string of the molecule is CS(=O)(=O)N[C@@H]1CCCN(C(=O)/C=C\c2cccnc2)C1. The third-order valence-corrected chi connectivity index (χ3v) is 3.98. The zero-order valence-corrected chi connectivity index (χ0v) is 12.7. The lowest BCUT2D eigenvalue weighted by Crippen LogP contribution is -2.48. The molecule has 114 valence electrons. The molecule has 1 saturated heterocycles. The molecule has 1 aromatic heterocycles. The van der Waals surface area contributed by atoms with E-state index in [1.807, 2.05) is 6.07 Å². The van der Waals surface area contributed by atoms with Gasteiger partial charge in [0.25, 0.3) is 0 Å². The molecule has 1 fully saturated rings. The third kappa shape index (κ3) is 5.28. The molecule has 1 amide bonds. The predicted molar refractivity (Wildman–Crippen MR) is 80.9 cm³/mol. The highest BCUT2D eigenvalue weighted by molar-refractivity contribution is 7.88. The van der Waals surface area contributed by atoms with Gasteiger partial charge in [-0.1, -0.05) is 6.07 Å². The van der Waals surface area contributed by atoms with Gasteiger partial charge in [-0.2, -0.15) is 0 Å². The Kier molecular flexibility index (Phi) is 5.08. The van der Waals surface area contributed by atoms with Crippen molar-refractivity contribution in [1.82, 2.24) is 14.6 Å². The number of hydrogen-bond donors (Lipinski definition) is 1. The molecule has 0 saturated carbocycles. The molecule has 2 rings (SSSR count). The minimum atomic E-state index is -3.24. The zero-order valence-electron chi connectivity index (χ0n) is 11.9. The summed E-state index contributed by atoms with van der Waals surface area (Å²) in [7, 11) is -3.24. The summed E-state index contributed by atoms with van der Waals surface area (Å²) in [6.07, 6.45) is 9.24. The van der Waals surface area contributed by atoms with Crippen LogP contribution in [-0.2, 0) is 14.8 Å². The first kappa shape index (κ1) is 15.7. The van der Waals surface area contributed by atoms with Crippen molar-refractivity contribution < 1.29 is 13.2 Å². The molecule has 0 radical (unpaired) electrons. The van der Waals surface area contributed by atoms with E-state index in [-0.39, 0.29) is 11.9 Å². The predicted octanol–water partition coefficient (Wildman–Crippen LogP) is 0.635. The van der Waals surface area contributed by atoms with Crippen LogP contribution in [0, 0.1) is 0 Å². The van der Waals surface area contributed by atoms with Crippen molar-refractivity contribution in [2.24, 2.45) is 0 Å². The summed E-state index contributed by atoms with van der Waals surface area (Å²) < 4.78 is 25.1. The van der Waals surface area contributed by atoms with E-state index in [2.05, 4.69) is 9.71 Å². The van der Waals surface area contributed by atoms with Gasteiger partial charge in [0.1, 0.15) is 0 Å². The Morgan fingerprint density at radius 2 is 2.33 bits per heavy atom. The van der Waals surface area contributed by atoms with Crippen LogP contribution >= 0.6 is 0 Å². The van der Waals surface area contributed by atoms with Crippen molar-refractivity contribution in [3.63, 3.8) is 0 Å². The monoisotopic (exact) mass is 309 g/mol. The summed E-state index contributed by atoms with van der Waals surface area (Å²) in [5.41, 5.74) is 0.855. The number of likely N-dealkylation sites (tertiary alicyclic amines) is 1. The van der Waals surface area contributed by atoms with Crippen molar-refractivity contribution in [3.8, 4) is 0 Å². The van der Waals surface area contributed by atoms with Gasteiger partial charge in [0, 0.05) is 37.6 Å². The molecule has 1 aromatic rings. The molecule has 0 aliphatic carbocycles. The van der Waals surface area contributed by atoms with E-state index in [1.54, 1.807) is 29.4 Å². The summed E-state index contributed by atoms with van der Waals surface area (Å²) in [5.74, 6) is -0.112. The molecule has 0 aromatic carbocycles. The zero-order chi connectivity index (χ0) is 15.3. The standard InChI is InChI=1S/C14H19N3O3S/c1-21(19,20)16-13-5-3-9-17(11-13)14(18)7-6-12-4-2-8-15-10-12/h2,4,6-8,10,13,16H,3,5,9,11H2,1H3/b7-6-/t13-/m1/s1. The molecule has 1 atom stereocenters. The van der Waals surface area contributed by atoms with Gasteiger partial charge in [0.2, 0.25) is 15.9 Å². The quantitative estimate of drug-likeness (QED) is 0.828. The van der Waals surface area contributed by atoms with Gasteiger partial charge < -0.3 is 4.90 Å². The summed E-state index contributed by atoms with van der Waals surface area (Å²) in [4.78, 5) is 17.8. The van der Waals surface area contributed by atoms with Gasteiger partial charge >= 0.3 is 0 Å². The van der Waals surface area contributed by atoms with Crippen LogP contribution in [0.15, 0.2) is 30.6 Å². The van der Waals surface area contributed by atoms with Crippen molar-refractivity contribution in [2.45, 2.75) is 18.9 Å². The number of aromatic nitrogens is 1. The Morgan fingerprint density at radius 3 is 3.00 bits per heavy atom. The van der Waals surface area contributed by atoms with Crippen molar-refractivity contribution in [3.05, 3.63) is 36.2 Å². The van der Waals surface area contributed by atoms with E-state index >= 15 is 0 Å². The number of nitrogens with one attached hydrogen (secondary N) is 1. The maximum Gasteiger partial charge on any atom is 0.246 e. The van der Waals surface area contributed by atoms with Crippen LogP contribution in [0.3, 0.4) is 0 Å². The molecule has 0 bridgehead atoms. The number of piperidine rings is 1. The van der Waals surface area contributed by atoms with E-state index in [4.69, 9.17) is 0 Å². The van der Waals surface area contributed by atoms with E-state index in [0.717, 1.165) is 24.7 Å². The fourth-order valence-electron chi connectivity index (χ4n) is 2.32. The number of carbonyl (C=O) groups is 1. The first-order chi connectivity index (χ1) is 9.94. The van der Waals surface area contributed by atoms with E-state index in [1.165, 1.54) is 6.08 Å². The molecule has 1 aliphatic heterocycles. The summed E-state index contributed by atoms with van der Waals surface area (Å²) in [5, 5.41) is 0. The summed E-state index contributed by atoms with van der Waals surface area (Å²) in [6.45, 7) is 1.06. The van der Waals surface area contributed by atoms with Crippen LogP contribution in [0.1, 0.15) is 18.4 Å². The fourth-order valence-corrected chi connectivity index (χ4v) is 3.12. The Labute approximate surface area is 124 Å². The van der Waals surface area contributed by atoms with Crippen molar-refractivity contribution in [2.75, 3.05) is 19.3 Å². The van der Waals surface area contributed by atoms with Crippen LogP contribution in [0.4, 0.5) is 0 Å². The van der Waals surface area contributed by atoms with Crippen molar-refractivity contribution in [1.29, 1.82) is 0 Å². The molecule has 2 heterocycles.